The van der Waals surface area contributed by atoms with Crippen LogP contribution >= 0.6 is 15.9 Å². The molecule has 1 fully saturated rings. The topological polar surface area (TPSA) is 60.5 Å². The van der Waals surface area contributed by atoms with E-state index in [2.05, 4.69) is 26.2 Å². The highest BCUT2D eigenvalue weighted by Crippen LogP contribution is 2.24. The lowest BCUT2D eigenvalue weighted by Crippen LogP contribution is -2.57. The average molecular weight is 357 g/mol. The molecular weight excluding hydrogens is 336 g/mol. The van der Waals surface area contributed by atoms with Crippen molar-refractivity contribution in [2.45, 2.75) is 51.9 Å². The van der Waals surface area contributed by atoms with Gasteiger partial charge in [-0.05, 0) is 62.7 Å². The summed E-state index contributed by atoms with van der Waals surface area (Å²) in [7, 11) is 0. The zero-order chi connectivity index (χ0) is 15.6. The zero-order valence-corrected chi connectivity index (χ0v) is 14.4. The second kappa shape index (κ2) is 6.32. The van der Waals surface area contributed by atoms with Gasteiger partial charge in [-0.15, -0.1) is 0 Å². The van der Waals surface area contributed by atoms with Gasteiger partial charge in [0, 0.05) is 4.47 Å². The number of aryl methyl sites for hydroxylation is 1. The summed E-state index contributed by atoms with van der Waals surface area (Å²) >= 11 is 3.42. The molecule has 2 heterocycles. The maximum atomic E-state index is 12.3. The van der Waals surface area contributed by atoms with Crippen LogP contribution in [0.4, 0.5) is 0 Å². The van der Waals surface area contributed by atoms with Crippen LogP contribution in [-0.4, -0.2) is 35.2 Å². The van der Waals surface area contributed by atoms with E-state index < -0.39 is 11.7 Å². The lowest BCUT2D eigenvalue weighted by molar-refractivity contribution is -0.165. The molecule has 1 aromatic heterocycles. The molecule has 1 saturated heterocycles. The fourth-order valence-corrected chi connectivity index (χ4v) is 2.25. The molecule has 0 radical (unpaired) electrons. The number of halogens is 1. The molecule has 0 amide bonds. The Morgan fingerprint density at radius 3 is 2.67 bits per heavy atom. The molecule has 0 saturated carbocycles. The second-order valence-electron chi connectivity index (χ2n) is 6.16. The highest BCUT2D eigenvalue weighted by Gasteiger charge is 2.37. The first-order chi connectivity index (χ1) is 9.76. The van der Waals surface area contributed by atoms with Crippen molar-refractivity contribution < 1.29 is 14.3 Å². The number of nitrogens with zero attached hydrogens (tertiary/aromatic N) is 1. The van der Waals surface area contributed by atoms with E-state index in [-0.39, 0.29) is 12.0 Å². The van der Waals surface area contributed by atoms with Crippen LogP contribution < -0.4 is 10.1 Å². The number of hydrogen-bond donors (Lipinski definition) is 1. The quantitative estimate of drug-likeness (QED) is 0.840. The number of ether oxygens (including phenoxy) is 2. The van der Waals surface area contributed by atoms with Gasteiger partial charge in [0.2, 0.25) is 6.10 Å². The highest BCUT2D eigenvalue weighted by molar-refractivity contribution is 9.10. The van der Waals surface area contributed by atoms with Gasteiger partial charge in [0.05, 0.1) is 17.9 Å². The second-order valence-corrected chi connectivity index (χ2v) is 7.01. The molecule has 5 nitrogen and oxygen atoms in total. The van der Waals surface area contributed by atoms with Gasteiger partial charge in [0.15, 0.2) is 0 Å². The van der Waals surface area contributed by atoms with Gasteiger partial charge in [-0.3, -0.25) is 4.98 Å². The molecule has 1 aliphatic rings. The Bertz CT molecular complexity index is 524. The number of hydrogen-bond acceptors (Lipinski definition) is 5. The number of carbonyl (C=O) groups is 1. The molecule has 0 aliphatic carbocycles. The van der Waals surface area contributed by atoms with Crippen molar-refractivity contribution in [1.82, 2.24) is 10.3 Å². The maximum Gasteiger partial charge on any atom is 0.349 e. The third-order valence-corrected chi connectivity index (χ3v) is 3.93. The first-order valence-electron chi connectivity index (χ1n) is 7.01. The predicted molar refractivity (Wildman–Crippen MR) is 83.3 cm³/mol. The van der Waals surface area contributed by atoms with E-state index in [9.17, 15) is 4.79 Å². The van der Waals surface area contributed by atoms with Gasteiger partial charge < -0.3 is 14.8 Å². The van der Waals surface area contributed by atoms with E-state index in [0.717, 1.165) is 23.1 Å². The summed E-state index contributed by atoms with van der Waals surface area (Å²) < 4.78 is 12.1. The van der Waals surface area contributed by atoms with Gasteiger partial charge in [0.25, 0.3) is 0 Å². The molecule has 21 heavy (non-hydrogen) atoms. The lowest BCUT2D eigenvalue weighted by atomic mass is 10.0. The van der Waals surface area contributed by atoms with Gasteiger partial charge >= 0.3 is 5.97 Å². The van der Waals surface area contributed by atoms with Crippen molar-refractivity contribution in [1.29, 1.82) is 0 Å². The molecule has 0 aromatic carbocycles. The Balaban J connectivity index is 2.12. The van der Waals surface area contributed by atoms with E-state index in [1.54, 1.807) is 6.20 Å². The lowest BCUT2D eigenvalue weighted by Gasteiger charge is -2.35. The summed E-state index contributed by atoms with van der Waals surface area (Å²) in [6, 6.07) is 1.80. The minimum Gasteiger partial charge on any atom is -0.475 e. The summed E-state index contributed by atoms with van der Waals surface area (Å²) in [4.78, 5) is 16.6. The van der Waals surface area contributed by atoms with Crippen molar-refractivity contribution in [3.05, 3.63) is 22.4 Å². The summed E-state index contributed by atoms with van der Waals surface area (Å²) in [5.41, 5.74) is 0.340. The van der Waals surface area contributed by atoms with E-state index in [1.165, 1.54) is 0 Å². The van der Waals surface area contributed by atoms with Gasteiger partial charge in [-0.25, -0.2) is 4.79 Å². The third-order valence-electron chi connectivity index (χ3n) is 3.13. The minimum atomic E-state index is -0.658. The fraction of sp³-hybridized carbons (Fsp3) is 0.600. The van der Waals surface area contributed by atoms with Crippen LogP contribution in [0.5, 0.6) is 5.75 Å². The predicted octanol–water partition coefficient (Wildman–Crippen LogP) is 2.60. The largest absolute Gasteiger partial charge is 0.475 e. The molecule has 2 rings (SSSR count). The number of nitrogens with one attached hydrogen (secondary N) is 1. The number of aromatic nitrogens is 1. The average Bonchev–Trinajstić information content (AvgIpc) is 2.28. The fourth-order valence-electron chi connectivity index (χ4n) is 1.92. The molecule has 1 aliphatic heterocycles. The van der Waals surface area contributed by atoms with Crippen LogP contribution in [0, 0.1) is 6.92 Å². The van der Waals surface area contributed by atoms with Gasteiger partial charge in [0.1, 0.15) is 11.4 Å². The minimum absolute atomic E-state index is 0.0140. The van der Waals surface area contributed by atoms with E-state index in [4.69, 9.17) is 9.47 Å². The van der Waals surface area contributed by atoms with Crippen LogP contribution in [0.15, 0.2) is 16.7 Å². The highest BCUT2D eigenvalue weighted by atomic mass is 79.9. The van der Waals surface area contributed by atoms with Crippen molar-refractivity contribution in [2.24, 2.45) is 0 Å². The zero-order valence-electron chi connectivity index (χ0n) is 12.8. The summed E-state index contributed by atoms with van der Waals surface area (Å²) in [5.74, 6) is 0.202. The van der Waals surface area contributed by atoms with Crippen LogP contribution in [-0.2, 0) is 9.53 Å². The Morgan fingerprint density at radius 2 is 2.19 bits per heavy atom. The van der Waals surface area contributed by atoms with Gasteiger partial charge in [-0.2, -0.15) is 0 Å². The number of rotatable bonds is 4. The molecule has 1 unspecified atom stereocenters. The molecule has 2 atom stereocenters. The van der Waals surface area contributed by atoms with Crippen molar-refractivity contribution in [2.75, 3.05) is 6.54 Å². The molecular formula is C15H21BrN2O3. The molecule has 1 N–H and O–H groups in total. The van der Waals surface area contributed by atoms with Crippen LogP contribution in [0.3, 0.4) is 0 Å². The summed E-state index contributed by atoms with van der Waals surface area (Å²) in [6.07, 6.45) is 1.86. The maximum absolute atomic E-state index is 12.3. The molecule has 116 valence electrons. The normalized spacial score (nSPS) is 19.6. The molecule has 0 spiro atoms. The first-order valence-corrected chi connectivity index (χ1v) is 7.80. The van der Waals surface area contributed by atoms with E-state index in [0.29, 0.717) is 5.75 Å². The Labute approximate surface area is 133 Å². The molecule has 0 bridgehead atoms. The van der Waals surface area contributed by atoms with Crippen LogP contribution in [0.1, 0.15) is 32.9 Å². The Kier molecular flexibility index (Phi) is 4.88. The Morgan fingerprint density at radius 1 is 1.52 bits per heavy atom. The molecule has 1 aromatic rings. The smallest absolute Gasteiger partial charge is 0.349 e. The summed E-state index contributed by atoms with van der Waals surface area (Å²) in [5, 5.41) is 3.20. The SMILES string of the molecule is Cc1ncc(OC(C(=O)OC(C)(C)C)[C@@H]2CCN2)cc1Br. The van der Waals surface area contributed by atoms with Crippen molar-refractivity contribution in [3.63, 3.8) is 0 Å². The number of carbonyl (C=O) groups excluding carboxylic acids is 1. The monoisotopic (exact) mass is 356 g/mol. The standard InChI is InChI=1S/C15H21BrN2O3/c1-9-11(16)7-10(8-18-9)20-13(12-5-6-17-12)14(19)21-15(2,3)4/h7-8,12-13,17H,5-6H2,1-4H3/t12-,13?/m0/s1. The third kappa shape index (κ3) is 4.41. The van der Waals surface area contributed by atoms with Crippen LogP contribution in [0.2, 0.25) is 0 Å². The van der Waals surface area contributed by atoms with E-state index >= 15 is 0 Å². The van der Waals surface area contributed by atoms with Crippen molar-refractivity contribution >= 4 is 21.9 Å². The van der Waals surface area contributed by atoms with Gasteiger partial charge in [-0.1, -0.05) is 0 Å². The number of pyridine rings is 1. The Hall–Kier alpha value is -1.14. The van der Waals surface area contributed by atoms with Crippen molar-refractivity contribution in [3.8, 4) is 5.75 Å². The molecule has 6 heteroatoms. The van der Waals surface area contributed by atoms with Crippen LogP contribution in [0.25, 0.3) is 0 Å². The number of esters is 1. The summed E-state index contributed by atoms with van der Waals surface area (Å²) in [6.45, 7) is 8.33. The van der Waals surface area contributed by atoms with E-state index in [1.807, 2.05) is 33.8 Å². The first kappa shape index (κ1) is 16.2.